The van der Waals surface area contributed by atoms with Gasteiger partial charge in [0, 0.05) is 12.5 Å². The maximum Gasteiger partial charge on any atom is 0.330 e. The molecule has 1 heterocycles. The molecule has 0 saturated heterocycles. The number of ether oxygens (including phenoxy) is 2. The van der Waals surface area contributed by atoms with Crippen molar-refractivity contribution in [2.45, 2.75) is 44.4 Å². The molecule has 0 radical (unpaired) electrons. The van der Waals surface area contributed by atoms with Gasteiger partial charge in [-0.3, -0.25) is 5.73 Å². The van der Waals surface area contributed by atoms with Crippen molar-refractivity contribution in [1.29, 1.82) is 0 Å². The normalized spacial score (nSPS) is 25.8. The van der Waals surface area contributed by atoms with Crippen LogP contribution in [-0.2, 0) is 14.3 Å². The van der Waals surface area contributed by atoms with Crippen LogP contribution in [0.4, 0.5) is 0 Å². The molecule has 25 heavy (non-hydrogen) atoms. The molecule has 0 fully saturated rings. The first-order chi connectivity index (χ1) is 11.5. The Kier molecular flexibility index (Phi) is 8.45. The molecule has 0 spiro atoms. The second kappa shape index (κ2) is 9.60. The lowest BCUT2D eigenvalue weighted by Gasteiger charge is -2.35. The van der Waals surface area contributed by atoms with Gasteiger partial charge in [0.05, 0.1) is 13.2 Å². The second-order valence-electron chi connectivity index (χ2n) is 7.99. The first-order valence-electron chi connectivity index (χ1n) is 8.74. The molecule has 0 saturated carbocycles. The highest BCUT2D eigenvalue weighted by Crippen LogP contribution is 2.38. The van der Waals surface area contributed by atoms with E-state index in [0.717, 1.165) is 25.0 Å². The van der Waals surface area contributed by atoms with Crippen molar-refractivity contribution in [2.75, 3.05) is 31.6 Å². The molecule has 0 aromatic heterocycles. The van der Waals surface area contributed by atoms with E-state index in [2.05, 4.69) is 43.1 Å². The molecule has 0 aromatic rings. The summed E-state index contributed by atoms with van der Waals surface area (Å²) in [5, 5.41) is 0. The van der Waals surface area contributed by atoms with Gasteiger partial charge >= 0.3 is 5.97 Å². The predicted molar refractivity (Wildman–Crippen MR) is 109 cm³/mol. The zero-order valence-corrected chi connectivity index (χ0v) is 17.2. The fourth-order valence-electron chi connectivity index (χ4n) is 3.18. The van der Waals surface area contributed by atoms with Crippen LogP contribution in [-0.4, -0.2) is 49.4 Å². The zero-order valence-electron chi connectivity index (χ0n) is 16.4. The minimum absolute atomic E-state index is 0.103. The summed E-state index contributed by atoms with van der Waals surface area (Å²) in [4.78, 5) is 11.2. The first kappa shape index (κ1) is 22.0. The van der Waals surface area contributed by atoms with Gasteiger partial charge in [0.25, 0.3) is 0 Å². The van der Waals surface area contributed by atoms with Crippen LogP contribution in [0.1, 0.15) is 32.6 Å². The van der Waals surface area contributed by atoms with Crippen molar-refractivity contribution in [3.05, 3.63) is 36.5 Å². The fourth-order valence-corrected chi connectivity index (χ4v) is 4.52. The van der Waals surface area contributed by atoms with Crippen LogP contribution < -0.4 is 5.73 Å². The predicted octanol–water partition coefficient (Wildman–Crippen LogP) is 3.77. The molecule has 0 unspecified atom stereocenters. The Labute approximate surface area is 154 Å². The van der Waals surface area contributed by atoms with E-state index >= 15 is 0 Å². The van der Waals surface area contributed by atoms with Crippen LogP contribution in [0.5, 0.6) is 0 Å². The highest BCUT2D eigenvalue weighted by Gasteiger charge is 2.29. The molecule has 1 aliphatic rings. The standard InChI is InChI=1S/C20H35NO3S/c1-16(13-17(2)15-25(4,5)6)14-18-9-7-11-20(21,24-18)12-8-10-19(22)23-3/h7-8,10-11,16,18H,2,9,12-15,21H2,1,3-6H3/b10-8-/t16-,18-,20-/m0/s1. The van der Waals surface area contributed by atoms with Crippen molar-refractivity contribution < 1.29 is 14.3 Å². The molecule has 144 valence electrons. The van der Waals surface area contributed by atoms with Crippen LogP contribution in [0, 0.1) is 5.92 Å². The van der Waals surface area contributed by atoms with Crippen molar-refractivity contribution in [1.82, 2.24) is 0 Å². The number of esters is 1. The lowest BCUT2D eigenvalue weighted by Crippen LogP contribution is -2.45. The Bertz CT molecular complexity index is 522. The van der Waals surface area contributed by atoms with Crippen LogP contribution in [0.25, 0.3) is 0 Å². The van der Waals surface area contributed by atoms with Gasteiger partial charge in [-0.15, -0.1) is 0 Å². The van der Waals surface area contributed by atoms with Crippen molar-refractivity contribution >= 4 is 16.0 Å². The van der Waals surface area contributed by atoms with E-state index in [1.165, 1.54) is 18.8 Å². The highest BCUT2D eigenvalue weighted by molar-refractivity contribution is 8.32. The van der Waals surface area contributed by atoms with E-state index < -0.39 is 15.8 Å². The van der Waals surface area contributed by atoms with Gasteiger partial charge in [-0.2, -0.15) is 0 Å². The van der Waals surface area contributed by atoms with E-state index in [4.69, 9.17) is 10.5 Å². The topological polar surface area (TPSA) is 61.6 Å². The molecule has 2 N–H and O–H groups in total. The van der Waals surface area contributed by atoms with E-state index in [1.54, 1.807) is 6.08 Å². The summed E-state index contributed by atoms with van der Waals surface area (Å²) in [6, 6.07) is 0. The fraction of sp³-hybridized carbons (Fsp3) is 0.650. The van der Waals surface area contributed by atoms with E-state index in [-0.39, 0.29) is 12.1 Å². The summed E-state index contributed by atoms with van der Waals surface area (Å²) < 4.78 is 10.7. The Morgan fingerprint density at radius 1 is 1.52 bits per heavy atom. The molecule has 0 bridgehead atoms. The molecule has 5 heteroatoms. The van der Waals surface area contributed by atoms with E-state index in [1.807, 2.05) is 6.08 Å². The van der Waals surface area contributed by atoms with Gasteiger partial charge in [-0.25, -0.2) is 14.8 Å². The molecular formula is C20H35NO3S. The Morgan fingerprint density at radius 2 is 2.20 bits per heavy atom. The van der Waals surface area contributed by atoms with Gasteiger partial charge in [-0.1, -0.05) is 31.2 Å². The average molecular weight is 370 g/mol. The van der Waals surface area contributed by atoms with Gasteiger partial charge in [0.2, 0.25) is 0 Å². The summed E-state index contributed by atoms with van der Waals surface area (Å²) in [5.41, 5.74) is 6.80. The van der Waals surface area contributed by atoms with E-state index in [9.17, 15) is 4.79 Å². The lowest BCUT2D eigenvalue weighted by atomic mass is 9.93. The minimum Gasteiger partial charge on any atom is -0.466 e. The number of hydrogen-bond donors (Lipinski definition) is 1. The number of hydrogen-bond acceptors (Lipinski definition) is 4. The summed E-state index contributed by atoms with van der Waals surface area (Å²) in [6.07, 6.45) is 17.5. The summed E-state index contributed by atoms with van der Waals surface area (Å²) in [6.45, 7) is 6.51. The maximum atomic E-state index is 11.2. The smallest absolute Gasteiger partial charge is 0.330 e. The summed E-state index contributed by atoms with van der Waals surface area (Å²) in [7, 11) is 0.808. The van der Waals surface area contributed by atoms with Gasteiger partial charge in [0.1, 0.15) is 5.72 Å². The number of methoxy groups -OCH3 is 1. The maximum absolute atomic E-state index is 11.2. The minimum atomic E-state index is -0.847. The number of carbonyl (C=O) groups excluding carboxylic acids is 1. The Balaban J connectivity index is 2.50. The Hall–Kier alpha value is -1.04. The first-order valence-corrected chi connectivity index (χ1v) is 11.8. The van der Waals surface area contributed by atoms with Crippen molar-refractivity contribution in [3.63, 3.8) is 0 Å². The third-order valence-corrected chi connectivity index (χ3v) is 5.29. The Morgan fingerprint density at radius 3 is 2.80 bits per heavy atom. The van der Waals surface area contributed by atoms with Crippen molar-refractivity contribution in [2.24, 2.45) is 11.7 Å². The third-order valence-electron chi connectivity index (χ3n) is 4.02. The lowest BCUT2D eigenvalue weighted by molar-refractivity contribution is -0.134. The molecule has 1 rings (SSSR count). The summed E-state index contributed by atoms with van der Waals surface area (Å²) >= 11 is 0. The highest BCUT2D eigenvalue weighted by atomic mass is 32.3. The second-order valence-corrected chi connectivity index (χ2v) is 12.5. The van der Waals surface area contributed by atoms with Gasteiger partial charge in [-0.05, 0) is 55.8 Å². The largest absolute Gasteiger partial charge is 0.466 e. The number of carbonyl (C=O) groups is 1. The van der Waals surface area contributed by atoms with Gasteiger partial charge in [0.15, 0.2) is 0 Å². The molecule has 0 aliphatic carbocycles. The van der Waals surface area contributed by atoms with Crippen LogP contribution in [0.2, 0.25) is 0 Å². The molecular weight excluding hydrogens is 334 g/mol. The van der Waals surface area contributed by atoms with Gasteiger partial charge < -0.3 is 9.47 Å². The zero-order chi connectivity index (χ0) is 19.1. The molecule has 0 amide bonds. The SMILES string of the molecule is C=C(C[C@H](C)C[C@@H]1CC=C[C@@](N)(C/C=C\C(=O)OC)O1)CS(C)(C)C. The summed E-state index contributed by atoms with van der Waals surface area (Å²) in [5.74, 6) is 1.26. The number of nitrogens with two attached hydrogens (primary N) is 1. The quantitative estimate of drug-likeness (QED) is 0.382. The molecule has 0 aromatic carbocycles. The number of rotatable bonds is 9. The molecule has 1 aliphatic heterocycles. The van der Waals surface area contributed by atoms with Crippen molar-refractivity contribution in [3.8, 4) is 0 Å². The van der Waals surface area contributed by atoms with Crippen LogP contribution in [0.15, 0.2) is 36.5 Å². The molecule has 4 nitrogen and oxygen atoms in total. The third kappa shape index (κ3) is 9.28. The van der Waals surface area contributed by atoms with E-state index in [0.29, 0.717) is 12.3 Å². The monoisotopic (exact) mass is 369 g/mol. The van der Waals surface area contributed by atoms with Crippen LogP contribution >= 0.6 is 10.0 Å². The molecule has 3 atom stereocenters. The van der Waals surface area contributed by atoms with Crippen LogP contribution in [0.3, 0.4) is 0 Å². The average Bonchev–Trinajstić information content (AvgIpc) is 2.44.